The van der Waals surface area contributed by atoms with E-state index in [0.29, 0.717) is 5.69 Å². The number of nitrogens with one attached hydrogen (secondary N) is 2. The molecule has 1 aromatic carbocycles. The fraction of sp³-hybridized carbons (Fsp3) is 0.0769. The van der Waals surface area contributed by atoms with E-state index in [1.807, 2.05) is 18.2 Å². The summed E-state index contributed by atoms with van der Waals surface area (Å²) in [6, 6.07) is 10.4. The standard InChI is InChI=1S/C13H12N2O3/c1-14-12(17)11-10(16)7-9(15-13(11)18)8-5-3-2-4-6-8/h2-7H,1H3,(H,14,17)(H2,15,16,18). The van der Waals surface area contributed by atoms with Crippen LogP contribution in [0, 0.1) is 0 Å². The van der Waals surface area contributed by atoms with Crippen molar-refractivity contribution in [1.82, 2.24) is 10.3 Å². The average Bonchev–Trinajstić information content (AvgIpc) is 2.38. The lowest BCUT2D eigenvalue weighted by Gasteiger charge is -2.06. The molecule has 1 aromatic heterocycles. The van der Waals surface area contributed by atoms with Crippen LogP contribution in [0.1, 0.15) is 10.4 Å². The summed E-state index contributed by atoms with van der Waals surface area (Å²) < 4.78 is 0. The summed E-state index contributed by atoms with van der Waals surface area (Å²) in [7, 11) is 1.40. The molecule has 0 aliphatic carbocycles. The molecule has 5 nitrogen and oxygen atoms in total. The number of rotatable bonds is 2. The molecule has 2 rings (SSSR count). The first-order chi connectivity index (χ1) is 8.63. The highest BCUT2D eigenvalue weighted by Crippen LogP contribution is 2.21. The zero-order valence-electron chi connectivity index (χ0n) is 9.73. The summed E-state index contributed by atoms with van der Waals surface area (Å²) in [5.41, 5.74) is 0.324. The van der Waals surface area contributed by atoms with Crippen LogP contribution in [0.2, 0.25) is 0 Å². The Labute approximate surface area is 103 Å². The number of H-pyrrole nitrogens is 1. The molecule has 92 valence electrons. The van der Waals surface area contributed by atoms with Gasteiger partial charge in [-0.15, -0.1) is 0 Å². The van der Waals surface area contributed by atoms with Gasteiger partial charge in [0.15, 0.2) is 0 Å². The van der Waals surface area contributed by atoms with Crippen LogP contribution in [0.3, 0.4) is 0 Å². The minimum Gasteiger partial charge on any atom is -0.507 e. The minimum atomic E-state index is -0.617. The van der Waals surface area contributed by atoms with Gasteiger partial charge in [0, 0.05) is 13.1 Å². The summed E-state index contributed by atoms with van der Waals surface area (Å²) in [6.45, 7) is 0. The summed E-state index contributed by atoms with van der Waals surface area (Å²) in [5.74, 6) is -0.953. The number of amides is 1. The van der Waals surface area contributed by atoms with Gasteiger partial charge in [0.05, 0.1) is 5.69 Å². The SMILES string of the molecule is CNC(=O)c1c(O)cc(-c2ccccc2)[nH]c1=O. The van der Waals surface area contributed by atoms with Gasteiger partial charge in [0.25, 0.3) is 11.5 Å². The van der Waals surface area contributed by atoms with Gasteiger partial charge in [-0.25, -0.2) is 0 Å². The highest BCUT2D eigenvalue weighted by molar-refractivity contribution is 5.96. The molecule has 0 aliphatic rings. The Kier molecular flexibility index (Phi) is 3.14. The van der Waals surface area contributed by atoms with E-state index in [2.05, 4.69) is 10.3 Å². The highest BCUT2D eigenvalue weighted by atomic mass is 16.3. The van der Waals surface area contributed by atoms with Crippen molar-refractivity contribution in [3.63, 3.8) is 0 Å². The first kappa shape index (κ1) is 11.9. The molecule has 0 saturated carbocycles. The Bertz CT molecular complexity index is 632. The molecule has 18 heavy (non-hydrogen) atoms. The van der Waals surface area contributed by atoms with Crippen molar-refractivity contribution in [3.05, 3.63) is 52.3 Å². The maximum atomic E-state index is 11.8. The van der Waals surface area contributed by atoms with Gasteiger partial charge in [-0.3, -0.25) is 9.59 Å². The number of hydrogen-bond donors (Lipinski definition) is 3. The number of aromatic nitrogens is 1. The highest BCUT2D eigenvalue weighted by Gasteiger charge is 2.16. The van der Waals surface area contributed by atoms with E-state index in [0.717, 1.165) is 5.56 Å². The van der Waals surface area contributed by atoms with Gasteiger partial charge in [-0.2, -0.15) is 0 Å². The minimum absolute atomic E-state index is 0.280. The monoisotopic (exact) mass is 244 g/mol. The van der Waals surface area contributed by atoms with Crippen LogP contribution in [-0.4, -0.2) is 23.0 Å². The van der Waals surface area contributed by atoms with Crippen LogP contribution in [0.5, 0.6) is 5.75 Å². The second-order valence-corrected chi connectivity index (χ2v) is 3.72. The zero-order chi connectivity index (χ0) is 13.1. The third-order valence-electron chi connectivity index (χ3n) is 2.55. The zero-order valence-corrected chi connectivity index (χ0v) is 9.73. The fourth-order valence-electron chi connectivity index (χ4n) is 1.66. The number of carbonyl (C=O) groups excluding carboxylic acids is 1. The summed E-state index contributed by atoms with van der Waals surface area (Å²) >= 11 is 0. The van der Waals surface area contributed by atoms with Gasteiger partial charge in [-0.05, 0) is 5.56 Å². The largest absolute Gasteiger partial charge is 0.507 e. The molecule has 0 unspecified atom stereocenters. The van der Waals surface area contributed by atoms with Crippen LogP contribution in [0.25, 0.3) is 11.3 Å². The Hall–Kier alpha value is -2.56. The molecule has 1 heterocycles. The Morgan fingerprint density at radius 1 is 1.28 bits per heavy atom. The van der Waals surface area contributed by atoms with Crippen molar-refractivity contribution in [1.29, 1.82) is 0 Å². The van der Waals surface area contributed by atoms with Gasteiger partial charge < -0.3 is 15.4 Å². The van der Waals surface area contributed by atoms with Crippen molar-refractivity contribution < 1.29 is 9.90 Å². The lowest BCUT2D eigenvalue weighted by Crippen LogP contribution is -2.26. The first-order valence-electron chi connectivity index (χ1n) is 5.37. The number of pyridine rings is 1. The maximum Gasteiger partial charge on any atom is 0.265 e. The van der Waals surface area contributed by atoms with Gasteiger partial charge in [0.1, 0.15) is 11.3 Å². The molecule has 2 aromatic rings. The van der Waals surface area contributed by atoms with Crippen molar-refractivity contribution in [3.8, 4) is 17.0 Å². The van der Waals surface area contributed by atoms with E-state index in [1.54, 1.807) is 12.1 Å². The predicted molar refractivity (Wildman–Crippen MR) is 67.6 cm³/mol. The van der Waals surface area contributed by atoms with Crippen molar-refractivity contribution in [2.24, 2.45) is 0 Å². The maximum absolute atomic E-state index is 11.8. The lowest BCUT2D eigenvalue weighted by molar-refractivity contribution is 0.0959. The smallest absolute Gasteiger partial charge is 0.265 e. The van der Waals surface area contributed by atoms with Crippen LogP contribution in [0.15, 0.2) is 41.2 Å². The van der Waals surface area contributed by atoms with Crippen LogP contribution >= 0.6 is 0 Å². The summed E-state index contributed by atoms with van der Waals surface area (Å²) in [4.78, 5) is 25.7. The molecule has 0 fully saturated rings. The Morgan fingerprint density at radius 3 is 2.50 bits per heavy atom. The summed E-state index contributed by atoms with van der Waals surface area (Å²) in [5, 5.41) is 12.1. The van der Waals surface area contributed by atoms with E-state index in [-0.39, 0.29) is 11.3 Å². The van der Waals surface area contributed by atoms with Crippen LogP contribution in [0.4, 0.5) is 0 Å². The molecule has 0 atom stereocenters. The lowest BCUT2D eigenvalue weighted by atomic mass is 10.1. The molecule has 0 aliphatic heterocycles. The predicted octanol–water partition coefficient (Wildman–Crippen LogP) is 1.11. The van der Waals surface area contributed by atoms with E-state index in [1.165, 1.54) is 13.1 Å². The fourth-order valence-corrected chi connectivity index (χ4v) is 1.66. The molecule has 0 radical (unpaired) electrons. The van der Waals surface area contributed by atoms with Crippen LogP contribution < -0.4 is 10.9 Å². The van der Waals surface area contributed by atoms with Gasteiger partial charge in [-0.1, -0.05) is 30.3 Å². The third-order valence-corrected chi connectivity index (χ3v) is 2.55. The summed E-state index contributed by atoms with van der Waals surface area (Å²) in [6.07, 6.45) is 0. The van der Waals surface area contributed by atoms with E-state index in [4.69, 9.17) is 0 Å². The van der Waals surface area contributed by atoms with Gasteiger partial charge >= 0.3 is 0 Å². The molecule has 3 N–H and O–H groups in total. The van der Waals surface area contributed by atoms with E-state index in [9.17, 15) is 14.7 Å². The molecule has 0 saturated heterocycles. The van der Waals surface area contributed by atoms with E-state index < -0.39 is 11.5 Å². The molecule has 5 heteroatoms. The second-order valence-electron chi connectivity index (χ2n) is 3.72. The number of aromatic amines is 1. The second kappa shape index (κ2) is 4.75. The topological polar surface area (TPSA) is 82.2 Å². The molecule has 0 bridgehead atoms. The van der Waals surface area contributed by atoms with Crippen LogP contribution in [-0.2, 0) is 0 Å². The van der Waals surface area contributed by atoms with Gasteiger partial charge in [0.2, 0.25) is 0 Å². The number of hydrogen-bond acceptors (Lipinski definition) is 3. The number of aromatic hydroxyl groups is 1. The van der Waals surface area contributed by atoms with E-state index >= 15 is 0 Å². The molecular formula is C13H12N2O3. The average molecular weight is 244 g/mol. The van der Waals surface area contributed by atoms with Crippen molar-refractivity contribution in [2.45, 2.75) is 0 Å². The number of benzene rings is 1. The molecule has 0 spiro atoms. The first-order valence-corrected chi connectivity index (χ1v) is 5.37. The molecule has 1 amide bonds. The quantitative estimate of drug-likeness (QED) is 0.740. The number of carbonyl (C=O) groups is 1. The third kappa shape index (κ3) is 2.10. The Balaban J connectivity index is 2.57. The molecular weight excluding hydrogens is 232 g/mol. The van der Waals surface area contributed by atoms with Crippen molar-refractivity contribution >= 4 is 5.91 Å². The van der Waals surface area contributed by atoms with Crippen molar-refractivity contribution in [2.75, 3.05) is 7.05 Å². The normalized spacial score (nSPS) is 10.1. The Morgan fingerprint density at radius 2 is 1.94 bits per heavy atom.